The van der Waals surface area contributed by atoms with Crippen molar-refractivity contribution in [2.75, 3.05) is 26.8 Å². The third kappa shape index (κ3) is 4.69. The summed E-state index contributed by atoms with van der Waals surface area (Å²) in [5.41, 5.74) is 0.757. The molecule has 1 aliphatic rings. The Labute approximate surface area is 168 Å². The molecule has 7 nitrogen and oxygen atoms in total. The number of nitrogens with one attached hydrogen (secondary N) is 2. The van der Waals surface area contributed by atoms with E-state index in [-0.39, 0.29) is 11.9 Å². The van der Waals surface area contributed by atoms with Crippen LogP contribution in [0.1, 0.15) is 19.8 Å². The van der Waals surface area contributed by atoms with Crippen LogP contribution in [0.25, 0.3) is 11.4 Å². The molecule has 1 fully saturated rings. The highest BCUT2D eigenvalue weighted by Gasteiger charge is 2.30. The molecule has 0 amide bonds. The third-order valence-corrected chi connectivity index (χ3v) is 5.26. The molecule has 146 valence electrons. The van der Waals surface area contributed by atoms with Gasteiger partial charge in [-0.15, -0.1) is 0 Å². The molecule has 2 atom stereocenters. The highest BCUT2D eigenvalue weighted by atomic mass is 35.5. The molecule has 0 bridgehead atoms. The lowest BCUT2D eigenvalue weighted by molar-refractivity contribution is -0.930. The van der Waals surface area contributed by atoms with Crippen LogP contribution in [-0.2, 0) is 16.2 Å². The van der Waals surface area contributed by atoms with Gasteiger partial charge in [-0.25, -0.2) is 4.68 Å². The summed E-state index contributed by atoms with van der Waals surface area (Å²) in [6, 6.07) is 5.36. The van der Waals surface area contributed by atoms with Crippen molar-refractivity contribution in [3.8, 4) is 17.1 Å². The van der Waals surface area contributed by atoms with Crippen LogP contribution in [0, 0.1) is 10.7 Å². The molecular weight excluding hydrogens is 388 g/mol. The van der Waals surface area contributed by atoms with Gasteiger partial charge in [0, 0.05) is 5.02 Å². The van der Waals surface area contributed by atoms with Crippen molar-refractivity contribution in [1.82, 2.24) is 14.8 Å². The summed E-state index contributed by atoms with van der Waals surface area (Å²) in [5, 5.41) is 3.84. The van der Waals surface area contributed by atoms with E-state index >= 15 is 0 Å². The van der Waals surface area contributed by atoms with Crippen LogP contribution >= 0.6 is 23.8 Å². The number of benzene rings is 1. The minimum Gasteiger partial charge on any atom is -0.496 e. The van der Waals surface area contributed by atoms with Gasteiger partial charge in [-0.2, -0.15) is 4.98 Å². The average molecular weight is 412 g/mol. The molecule has 1 unspecified atom stereocenters. The number of halogens is 1. The lowest BCUT2D eigenvalue weighted by atomic mass is 9.99. The van der Waals surface area contributed by atoms with Crippen LogP contribution in [0.15, 0.2) is 18.2 Å². The largest absolute Gasteiger partial charge is 0.496 e. The molecule has 0 radical (unpaired) electrons. The summed E-state index contributed by atoms with van der Waals surface area (Å²) >= 11 is 11.5. The number of hydrogen-bond acceptors (Lipinski definition) is 5. The van der Waals surface area contributed by atoms with E-state index in [1.54, 1.807) is 25.3 Å². The molecule has 0 aliphatic carbocycles. The Morgan fingerprint density at radius 3 is 3.07 bits per heavy atom. The predicted octanol–water partition coefficient (Wildman–Crippen LogP) is 2.09. The number of H-pyrrole nitrogens is 1. The van der Waals surface area contributed by atoms with Crippen LogP contribution in [0.5, 0.6) is 5.75 Å². The van der Waals surface area contributed by atoms with Crippen LogP contribution in [0.2, 0.25) is 5.02 Å². The number of methoxy groups -OCH3 is 1. The summed E-state index contributed by atoms with van der Waals surface area (Å²) in [6.07, 6.45) is 1.86. The number of hydrogen-bond donors (Lipinski definition) is 2. The normalized spacial score (nSPS) is 19.7. The quantitative estimate of drug-likeness (QED) is 0.562. The molecule has 9 heteroatoms. The number of aromatic nitrogens is 3. The van der Waals surface area contributed by atoms with Gasteiger partial charge in [-0.1, -0.05) is 11.6 Å². The van der Waals surface area contributed by atoms with Crippen molar-refractivity contribution in [1.29, 1.82) is 0 Å². The fourth-order valence-electron chi connectivity index (χ4n) is 3.43. The number of carbonyl (C=O) groups is 1. The molecule has 1 saturated heterocycles. The van der Waals surface area contributed by atoms with Crippen molar-refractivity contribution < 1.29 is 19.2 Å². The van der Waals surface area contributed by atoms with E-state index in [1.165, 1.54) is 4.90 Å². The second-order valence-electron chi connectivity index (χ2n) is 6.58. The van der Waals surface area contributed by atoms with Gasteiger partial charge in [0.2, 0.25) is 4.77 Å². The van der Waals surface area contributed by atoms with Crippen LogP contribution in [-0.4, -0.2) is 47.5 Å². The average Bonchev–Trinajstić information content (AvgIpc) is 3.02. The van der Waals surface area contributed by atoms with Crippen LogP contribution in [0.3, 0.4) is 0 Å². The van der Waals surface area contributed by atoms with Crippen molar-refractivity contribution >= 4 is 29.8 Å². The molecular formula is C18H24ClN4O3S+. The van der Waals surface area contributed by atoms with Crippen molar-refractivity contribution in [3.63, 3.8) is 0 Å². The van der Waals surface area contributed by atoms with E-state index in [0.29, 0.717) is 34.6 Å². The molecule has 0 saturated carbocycles. The molecule has 1 aliphatic heterocycles. The van der Waals surface area contributed by atoms with Crippen molar-refractivity contribution in [3.05, 3.63) is 28.0 Å². The minimum atomic E-state index is -0.104. The molecule has 27 heavy (non-hydrogen) atoms. The summed E-state index contributed by atoms with van der Waals surface area (Å²) in [6.45, 7) is 4.58. The van der Waals surface area contributed by atoms with E-state index in [4.69, 9.17) is 33.3 Å². The van der Waals surface area contributed by atoms with E-state index < -0.39 is 0 Å². The Bertz CT molecular complexity index is 867. The highest BCUT2D eigenvalue weighted by Crippen LogP contribution is 2.30. The number of rotatable bonds is 6. The van der Waals surface area contributed by atoms with Gasteiger partial charge in [0.1, 0.15) is 11.7 Å². The number of piperidine rings is 1. The minimum absolute atomic E-state index is 0.0571. The fraction of sp³-hybridized carbons (Fsp3) is 0.500. The zero-order valence-electron chi connectivity index (χ0n) is 15.5. The van der Waals surface area contributed by atoms with Gasteiger partial charge >= 0.3 is 5.97 Å². The summed E-state index contributed by atoms with van der Waals surface area (Å²) < 4.78 is 12.9. The number of esters is 1. The van der Waals surface area contributed by atoms with E-state index in [2.05, 4.69) is 10.1 Å². The maximum Gasteiger partial charge on any atom is 0.314 e. The Kier molecular flexibility index (Phi) is 6.51. The highest BCUT2D eigenvalue weighted by molar-refractivity contribution is 7.71. The number of quaternary nitrogens is 1. The van der Waals surface area contributed by atoms with Crippen LogP contribution < -0.4 is 9.64 Å². The third-order valence-electron chi connectivity index (χ3n) is 4.72. The fourth-order valence-corrected chi connectivity index (χ4v) is 3.80. The Hall–Kier alpha value is -1.90. The van der Waals surface area contributed by atoms with Gasteiger partial charge in [-0.05, 0) is 50.2 Å². The molecule has 1 aromatic carbocycles. The monoisotopic (exact) mass is 411 g/mol. The lowest BCUT2D eigenvalue weighted by Gasteiger charge is -2.28. The smallest absolute Gasteiger partial charge is 0.314 e. The van der Waals surface area contributed by atoms with Gasteiger partial charge in [0.25, 0.3) is 0 Å². The molecule has 2 aromatic rings. The van der Waals surface area contributed by atoms with Gasteiger partial charge in [-0.3, -0.25) is 9.89 Å². The number of nitrogens with zero attached hydrogens (tertiary/aromatic N) is 2. The number of likely N-dealkylation sites (tertiary alicyclic amines) is 1. The summed E-state index contributed by atoms with van der Waals surface area (Å²) in [7, 11) is 1.60. The van der Waals surface area contributed by atoms with Gasteiger partial charge in [0.05, 0.1) is 32.4 Å². The first-order chi connectivity index (χ1) is 13.0. The standard InChI is InChI=1S/C18H23ClN4O3S/c1-3-26-17(24)12-5-4-8-22(10-12)11-23-18(27)20-16(21-23)14-9-13(19)6-7-15(14)25-2/h6-7,9,12H,3-5,8,10-11H2,1-2H3,(H,20,21,27)/p+1/t12-/m1/s1. The Morgan fingerprint density at radius 1 is 1.52 bits per heavy atom. The predicted molar refractivity (Wildman–Crippen MR) is 104 cm³/mol. The molecule has 2 N–H and O–H groups in total. The molecule has 0 spiro atoms. The first-order valence-electron chi connectivity index (χ1n) is 9.02. The zero-order valence-corrected chi connectivity index (χ0v) is 17.0. The number of ether oxygens (including phenoxy) is 2. The summed E-state index contributed by atoms with van der Waals surface area (Å²) in [5.74, 6) is 1.12. The molecule has 3 rings (SSSR count). The first-order valence-corrected chi connectivity index (χ1v) is 9.81. The second kappa shape index (κ2) is 8.86. The maximum absolute atomic E-state index is 12.0. The molecule has 2 heterocycles. The Balaban J connectivity index is 1.77. The molecule has 1 aromatic heterocycles. The number of aromatic amines is 1. The van der Waals surface area contributed by atoms with Crippen molar-refractivity contribution in [2.24, 2.45) is 5.92 Å². The Morgan fingerprint density at radius 2 is 2.33 bits per heavy atom. The maximum atomic E-state index is 12.0. The van der Waals surface area contributed by atoms with Crippen LogP contribution in [0.4, 0.5) is 0 Å². The topological polar surface area (TPSA) is 73.6 Å². The van der Waals surface area contributed by atoms with E-state index in [1.807, 2.05) is 11.6 Å². The van der Waals surface area contributed by atoms with Crippen molar-refractivity contribution in [2.45, 2.75) is 26.4 Å². The first kappa shape index (κ1) is 19.9. The SMILES string of the molecule is CCOC(=O)[C@@H]1CCC[NH+](Cn2[nH]c(-c3cc(Cl)ccc3OC)nc2=S)C1. The zero-order chi connectivity index (χ0) is 19.4. The number of carbonyl (C=O) groups excluding carboxylic acids is 1. The van der Waals surface area contributed by atoms with Gasteiger partial charge < -0.3 is 14.4 Å². The van der Waals surface area contributed by atoms with E-state index in [0.717, 1.165) is 31.5 Å². The lowest BCUT2D eigenvalue weighted by Crippen LogP contribution is -3.13. The second-order valence-corrected chi connectivity index (χ2v) is 7.38. The summed E-state index contributed by atoms with van der Waals surface area (Å²) in [4.78, 5) is 17.8. The van der Waals surface area contributed by atoms with Gasteiger partial charge in [0.15, 0.2) is 12.5 Å². The van der Waals surface area contributed by atoms with E-state index in [9.17, 15) is 4.79 Å².